The van der Waals surface area contributed by atoms with Crippen molar-refractivity contribution in [1.29, 1.82) is 0 Å². The second-order valence-electron chi connectivity index (χ2n) is 9.14. The number of ether oxygens (including phenoxy) is 1. The number of aromatic nitrogens is 2. The van der Waals surface area contributed by atoms with Crippen LogP contribution in [0.4, 0.5) is 0 Å². The van der Waals surface area contributed by atoms with Crippen LogP contribution in [0.3, 0.4) is 0 Å². The fourth-order valence-corrected chi connectivity index (χ4v) is 5.52. The molecule has 7 heteroatoms. The summed E-state index contributed by atoms with van der Waals surface area (Å²) in [6.07, 6.45) is 6.72. The highest BCUT2D eigenvalue weighted by atomic mass is 16.5. The lowest BCUT2D eigenvalue weighted by atomic mass is 9.96. The van der Waals surface area contributed by atoms with Crippen molar-refractivity contribution in [2.75, 3.05) is 45.9 Å². The molecule has 1 aromatic carbocycles. The average molecular weight is 413 g/mol. The molecule has 3 fully saturated rings. The van der Waals surface area contributed by atoms with Crippen LogP contribution in [0.15, 0.2) is 23.0 Å². The molecule has 1 aliphatic carbocycles. The predicted octanol–water partition coefficient (Wildman–Crippen LogP) is 2.63. The molecule has 2 aliphatic heterocycles. The zero-order valence-corrected chi connectivity index (χ0v) is 17.6. The number of morpholine rings is 1. The summed E-state index contributed by atoms with van der Waals surface area (Å²) >= 11 is 0. The van der Waals surface area contributed by atoms with Crippen molar-refractivity contribution in [3.05, 3.63) is 34.2 Å². The summed E-state index contributed by atoms with van der Waals surface area (Å²) in [5.41, 5.74) is 2.33. The molecule has 162 valence electrons. The number of aromatic amines is 1. The van der Waals surface area contributed by atoms with Gasteiger partial charge in [-0.3, -0.25) is 14.3 Å². The Labute approximate surface area is 177 Å². The van der Waals surface area contributed by atoms with Gasteiger partial charge in [0.05, 0.1) is 24.2 Å². The number of H-pyrrole nitrogens is 1. The largest absolute Gasteiger partial charge is 0.379 e. The molecule has 2 aromatic rings. The van der Waals surface area contributed by atoms with E-state index in [2.05, 4.69) is 9.88 Å². The second kappa shape index (κ2) is 8.55. The van der Waals surface area contributed by atoms with Crippen LogP contribution in [-0.2, 0) is 4.74 Å². The van der Waals surface area contributed by atoms with Gasteiger partial charge in [0.25, 0.3) is 5.91 Å². The molecule has 0 radical (unpaired) electrons. The summed E-state index contributed by atoms with van der Waals surface area (Å²) in [6.45, 7) is 6.29. The summed E-state index contributed by atoms with van der Waals surface area (Å²) in [4.78, 5) is 33.2. The van der Waals surface area contributed by atoms with Crippen molar-refractivity contribution < 1.29 is 9.53 Å². The van der Waals surface area contributed by atoms with E-state index in [1.54, 1.807) is 0 Å². The maximum absolute atomic E-state index is 13.2. The van der Waals surface area contributed by atoms with Crippen LogP contribution in [0.1, 0.15) is 54.9 Å². The Morgan fingerprint density at radius 2 is 1.87 bits per heavy atom. The molecule has 0 spiro atoms. The van der Waals surface area contributed by atoms with Crippen LogP contribution in [0.25, 0.3) is 11.0 Å². The summed E-state index contributed by atoms with van der Waals surface area (Å²) < 4.78 is 7.35. The minimum absolute atomic E-state index is 0.0509. The van der Waals surface area contributed by atoms with E-state index in [0.717, 1.165) is 76.2 Å². The number of benzene rings is 1. The van der Waals surface area contributed by atoms with Crippen molar-refractivity contribution in [2.45, 2.75) is 44.6 Å². The molecule has 1 unspecified atom stereocenters. The van der Waals surface area contributed by atoms with Gasteiger partial charge in [-0.15, -0.1) is 0 Å². The van der Waals surface area contributed by atoms with Gasteiger partial charge in [-0.25, -0.2) is 4.79 Å². The van der Waals surface area contributed by atoms with E-state index in [1.807, 2.05) is 27.7 Å². The van der Waals surface area contributed by atoms with Gasteiger partial charge < -0.3 is 14.6 Å². The van der Waals surface area contributed by atoms with Gasteiger partial charge in [0, 0.05) is 44.3 Å². The Balaban J connectivity index is 1.31. The number of hydrogen-bond donors (Lipinski definition) is 1. The summed E-state index contributed by atoms with van der Waals surface area (Å²) in [7, 11) is 0. The number of likely N-dealkylation sites (tertiary alicyclic amines) is 1. The van der Waals surface area contributed by atoms with Gasteiger partial charge in [0.1, 0.15) is 0 Å². The summed E-state index contributed by atoms with van der Waals surface area (Å²) in [5.74, 6) is 0.603. The third-order valence-corrected chi connectivity index (χ3v) is 7.08. The van der Waals surface area contributed by atoms with E-state index < -0.39 is 0 Å². The molecule has 30 heavy (non-hydrogen) atoms. The number of piperidine rings is 1. The van der Waals surface area contributed by atoms with E-state index in [0.29, 0.717) is 11.5 Å². The van der Waals surface area contributed by atoms with Crippen molar-refractivity contribution in [2.24, 2.45) is 5.92 Å². The molecule has 2 saturated heterocycles. The van der Waals surface area contributed by atoms with Crippen LogP contribution in [0, 0.1) is 5.92 Å². The smallest absolute Gasteiger partial charge is 0.326 e. The molecule has 5 rings (SSSR count). The number of carbonyl (C=O) groups is 1. The predicted molar refractivity (Wildman–Crippen MR) is 116 cm³/mol. The van der Waals surface area contributed by atoms with Gasteiger partial charge in [0.2, 0.25) is 0 Å². The average Bonchev–Trinajstić information content (AvgIpc) is 3.40. The molecule has 0 bridgehead atoms. The first-order chi connectivity index (χ1) is 14.7. The molecule has 1 amide bonds. The summed E-state index contributed by atoms with van der Waals surface area (Å²) in [5, 5.41) is 0. The minimum Gasteiger partial charge on any atom is -0.379 e. The number of amides is 1. The lowest BCUT2D eigenvalue weighted by Gasteiger charge is -2.36. The second-order valence-corrected chi connectivity index (χ2v) is 9.14. The summed E-state index contributed by atoms with van der Waals surface area (Å²) in [6, 6.07) is 6.01. The number of hydrogen-bond acceptors (Lipinski definition) is 4. The maximum atomic E-state index is 13.2. The van der Waals surface area contributed by atoms with Gasteiger partial charge in [-0.2, -0.15) is 0 Å². The minimum atomic E-state index is -0.0509. The highest BCUT2D eigenvalue weighted by Gasteiger charge is 2.27. The number of imidazole rings is 1. The first-order valence-electron chi connectivity index (χ1n) is 11.5. The molecule has 7 nitrogen and oxygen atoms in total. The first kappa shape index (κ1) is 19.8. The topological polar surface area (TPSA) is 70.6 Å². The van der Waals surface area contributed by atoms with E-state index in [4.69, 9.17) is 4.74 Å². The van der Waals surface area contributed by atoms with Gasteiger partial charge >= 0.3 is 5.69 Å². The van der Waals surface area contributed by atoms with Crippen LogP contribution < -0.4 is 5.69 Å². The fourth-order valence-electron chi connectivity index (χ4n) is 5.52. The van der Waals surface area contributed by atoms with Crippen molar-refractivity contribution >= 4 is 16.9 Å². The van der Waals surface area contributed by atoms with Crippen molar-refractivity contribution in [1.82, 2.24) is 19.4 Å². The number of nitrogens with zero attached hydrogens (tertiary/aromatic N) is 3. The van der Waals surface area contributed by atoms with Gasteiger partial charge in [-0.05, 0) is 49.8 Å². The molecule has 3 aliphatic rings. The molecular weight excluding hydrogens is 380 g/mol. The molecule has 1 N–H and O–H groups in total. The third-order valence-electron chi connectivity index (χ3n) is 7.08. The Kier molecular flexibility index (Phi) is 5.65. The lowest BCUT2D eigenvalue weighted by molar-refractivity contribution is 0.0224. The van der Waals surface area contributed by atoms with Crippen molar-refractivity contribution in [3.63, 3.8) is 0 Å². The van der Waals surface area contributed by atoms with Crippen molar-refractivity contribution in [3.8, 4) is 0 Å². The maximum Gasteiger partial charge on any atom is 0.326 e. The monoisotopic (exact) mass is 412 g/mol. The molecular formula is C23H32N4O3. The van der Waals surface area contributed by atoms with Crippen LogP contribution in [-0.4, -0.2) is 71.2 Å². The zero-order valence-electron chi connectivity index (χ0n) is 17.6. The standard InChI is InChI=1S/C23H32N4O3/c28-22(26-9-3-4-17(16-26)15-25-10-12-30-13-11-25)18-7-8-21-20(14-18)24-23(29)27(21)19-5-1-2-6-19/h7-8,14,17,19H,1-6,9-13,15-16H2,(H,24,29). The zero-order chi connectivity index (χ0) is 20.5. The Hall–Kier alpha value is -2.12. The normalized spacial score (nSPS) is 24.0. The number of nitrogens with one attached hydrogen (secondary N) is 1. The Morgan fingerprint density at radius 3 is 2.67 bits per heavy atom. The van der Waals surface area contributed by atoms with Gasteiger partial charge in [0.15, 0.2) is 0 Å². The van der Waals surface area contributed by atoms with Crippen LogP contribution in [0.5, 0.6) is 0 Å². The fraction of sp³-hybridized carbons (Fsp3) is 0.652. The van der Waals surface area contributed by atoms with Gasteiger partial charge in [-0.1, -0.05) is 12.8 Å². The first-order valence-corrected chi connectivity index (χ1v) is 11.5. The number of fused-ring (bicyclic) bond motifs is 1. The number of rotatable bonds is 4. The lowest BCUT2D eigenvalue weighted by Crippen LogP contribution is -2.46. The molecule has 1 aromatic heterocycles. The highest BCUT2D eigenvalue weighted by molar-refractivity contribution is 5.97. The quantitative estimate of drug-likeness (QED) is 0.838. The molecule has 1 saturated carbocycles. The molecule has 3 heterocycles. The van der Waals surface area contributed by atoms with E-state index >= 15 is 0 Å². The van der Waals surface area contributed by atoms with E-state index in [1.165, 1.54) is 19.3 Å². The molecule has 1 atom stereocenters. The number of carbonyl (C=O) groups excluding carboxylic acids is 1. The van der Waals surface area contributed by atoms with E-state index in [-0.39, 0.29) is 17.6 Å². The Morgan fingerprint density at radius 1 is 1.07 bits per heavy atom. The van der Waals surface area contributed by atoms with E-state index in [9.17, 15) is 9.59 Å². The highest BCUT2D eigenvalue weighted by Crippen LogP contribution is 2.31. The Bertz CT molecular complexity index is 953. The van der Waals surface area contributed by atoms with Crippen LogP contribution >= 0.6 is 0 Å². The van der Waals surface area contributed by atoms with Crippen LogP contribution in [0.2, 0.25) is 0 Å². The third kappa shape index (κ3) is 3.93. The SMILES string of the molecule is O=C(c1ccc2c(c1)[nH]c(=O)n2C1CCCC1)N1CCCC(CN2CCOCC2)C1.